The summed E-state index contributed by atoms with van der Waals surface area (Å²) in [5, 5.41) is 3.34. The number of nitrogens with one attached hydrogen (secondary N) is 1. The molecule has 112 valence electrons. The van der Waals surface area contributed by atoms with Gasteiger partial charge in [0.25, 0.3) is 5.91 Å². The number of rotatable bonds is 7. The first-order chi connectivity index (χ1) is 9.45. The number of carbonyl (C=O) groups excluding carboxylic acids is 1. The molecule has 0 aliphatic rings. The average Bonchev–Trinajstić information content (AvgIpc) is 2.45. The third-order valence-electron chi connectivity index (χ3n) is 3.52. The second kappa shape index (κ2) is 7.85. The van der Waals surface area contributed by atoms with E-state index in [1.165, 1.54) is 4.90 Å². The highest BCUT2D eigenvalue weighted by Crippen LogP contribution is 2.09. The third-order valence-corrected chi connectivity index (χ3v) is 3.52. The number of nitrogens with zero attached hydrogens (tertiary/aromatic N) is 3. The van der Waals surface area contributed by atoms with Crippen LogP contribution in [0, 0.1) is 0 Å². The van der Waals surface area contributed by atoms with Crippen LogP contribution in [0.25, 0.3) is 0 Å². The van der Waals surface area contributed by atoms with E-state index >= 15 is 0 Å². The van der Waals surface area contributed by atoms with Crippen molar-refractivity contribution in [3.05, 3.63) is 24.0 Å². The summed E-state index contributed by atoms with van der Waals surface area (Å²) in [6.07, 6.45) is 2.81. The number of amides is 1. The maximum Gasteiger partial charge on any atom is 0.272 e. The molecule has 1 aromatic rings. The monoisotopic (exact) mass is 278 g/mol. The minimum atomic E-state index is -0.0784. The van der Waals surface area contributed by atoms with Gasteiger partial charge in [0.15, 0.2) is 0 Å². The van der Waals surface area contributed by atoms with Crippen molar-refractivity contribution in [3.63, 3.8) is 0 Å². The van der Waals surface area contributed by atoms with Crippen molar-refractivity contribution in [2.45, 2.75) is 26.3 Å². The zero-order valence-electron chi connectivity index (χ0n) is 13.2. The predicted octanol–water partition coefficient (Wildman–Crippen LogP) is 1.93. The summed E-state index contributed by atoms with van der Waals surface area (Å²) in [5.74, 6) is -0.0784. The van der Waals surface area contributed by atoms with E-state index in [9.17, 15) is 4.79 Å². The van der Waals surface area contributed by atoms with Crippen LogP contribution in [0.3, 0.4) is 0 Å². The Bertz CT molecular complexity index is 434. The molecule has 0 saturated carbocycles. The van der Waals surface area contributed by atoms with Crippen molar-refractivity contribution < 1.29 is 4.79 Å². The molecule has 1 atom stereocenters. The van der Waals surface area contributed by atoms with Crippen LogP contribution < -0.4 is 5.32 Å². The molecule has 0 aliphatic heterocycles. The topological polar surface area (TPSA) is 48.5 Å². The Morgan fingerprint density at radius 3 is 2.70 bits per heavy atom. The summed E-state index contributed by atoms with van der Waals surface area (Å²) in [5.41, 5.74) is 1.40. The summed E-state index contributed by atoms with van der Waals surface area (Å²) < 4.78 is 0. The summed E-state index contributed by atoms with van der Waals surface area (Å²) in [4.78, 5) is 19.8. The Kier molecular flexibility index (Phi) is 6.45. The van der Waals surface area contributed by atoms with Gasteiger partial charge in [-0.1, -0.05) is 6.92 Å². The Morgan fingerprint density at radius 2 is 2.10 bits per heavy atom. The van der Waals surface area contributed by atoms with Gasteiger partial charge in [0.1, 0.15) is 5.69 Å². The van der Waals surface area contributed by atoms with E-state index in [0.717, 1.165) is 25.2 Å². The first-order valence-corrected chi connectivity index (χ1v) is 7.07. The lowest BCUT2D eigenvalue weighted by molar-refractivity contribution is 0.0822. The Hall–Kier alpha value is -1.62. The summed E-state index contributed by atoms with van der Waals surface area (Å²) in [6.45, 7) is 6.23. The van der Waals surface area contributed by atoms with Crippen molar-refractivity contribution in [3.8, 4) is 0 Å². The predicted molar refractivity (Wildman–Crippen MR) is 83.1 cm³/mol. The van der Waals surface area contributed by atoms with Crippen molar-refractivity contribution in [1.29, 1.82) is 0 Å². The van der Waals surface area contributed by atoms with E-state index in [0.29, 0.717) is 11.7 Å². The van der Waals surface area contributed by atoms with Crippen LogP contribution in [0.4, 0.5) is 5.69 Å². The number of hydrogen-bond donors (Lipinski definition) is 1. The average molecular weight is 278 g/mol. The summed E-state index contributed by atoms with van der Waals surface area (Å²) in [6, 6.07) is 4.27. The van der Waals surface area contributed by atoms with E-state index in [2.05, 4.69) is 36.1 Å². The highest BCUT2D eigenvalue weighted by molar-refractivity contribution is 5.92. The van der Waals surface area contributed by atoms with E-state index in [4.69, 9.17) is 0 Å². The number of hydrogen-bond acceptors (Lipinski definition) is 4. The zero-order valence-corrected chi connectivity index (χ0v) is 13.2. The number of anilines is 1. The lowest BCUT2D eigenvalue weighted by atomic mass is 10.2. The minimum Gasteiger partial charge on any atom is -0.384 e. The first-order valence-electron chi connectivity index (χ1n) is 7.07. The molecular weight excluding hydrogens is 252 g/mol. The second-order valence-corrected chi connectivity index (χ2v) is 5.29. The fraction of sp³-hybridized carbons (Fsp3) is 0.600. The van der Waals surface area contributed by atoms with E-state index < -0.39 is 0 Å². The van der Waals surface area contributed by atoms with Gasteiger partial charge in [0.2, 0.25) is 0 Å². The molecule has 0 aromatic carbocycles. The van der Waals surface area contributed by atoms with Gasteiger partial charge in [-0.2, -0.15) is 0 Å². The Morgan fingerprint density at radius 1 is 1.40 bits per heavy atom. The highest BCUT2D eigenvalue weighted by Gasteiger charge is 2.10. The molecule has 1 heterocycles. The SMILES string of the molecule is CCC(C)N(C)CCNc1ccnc(C(=O)N(C)C)c1. The molecule has 1 rings (SSSR count). The van der Waals surface area contributed by atoms with Gasteiger partial charge in [0.05, 0.1) is 0 Å². The molecule has 20 heavy (non-hydrogen) atoms. The molecule has 0 aliphatic carbocycles. The minimum absolute atomic E-state index is 0.0784. The normalized spacial score (nSPS) is 12.3. The van der Waals surface area contributed by atoms with Crippen LogP contribution in [-0.2, 0) is 0 Å². The van der Waals surface area contributed by atoms with Crippen molar-refractivity contribution >= 4 is 11.6 Å². The van der Waals surface area contributed by atoms with Gasteiger partial charge in [-0.25, -0.2) is 0 Å². The number of carbonyl (C=O) groups is 1. The number of likely N-dealkylation sites (N-methyl/N-ethyl adjacent to an activating group) is 1. The molecule has 1 unspecified atom stereocenters. The summed E-state index contributed by atoms with van der Waals surface area (Å²) in [7, 11) is 5.58. The first kappa shape index (κ1) is 16.4. The molecule has 1 amide bonds. The Labute approximate surface area is 122 Å². The van der Waals surface area contributed by atoms with Crippen molar-refractivity contribution in [2.24, 2.45) is 0 Å². The fourth-order valence-corrected chi connectivity index (χ4v) is 1.80. The van der Waals surface area contributed by atoms with E-state index in [-0.39, 0.29) is 5.91 Å². The molecular formula is C15H26N4O. The lowest BCUT2D eigenvalue weighted by Crippen LogP contribution is -2.32. The van der Waals surface area contributed by atoms with Gasteiger partial charge in [-0.15, -0.1) is 0 Å². The molecule has 1 aromatic heterocycles. The Balaban J connectivity index is 2.53. The zero-order chi connectivity index (χ0) is 15.1. The smallest absolute Gasteiger partial charge is 0.272 e. The van der Waals surface area contributed by atoms with Crippen LogP contribution in [0.5, 0.6) is 0 Å². The van der Waals surface area contributed by atoms with Gasteiger partial charge in [-0.3, -0.25) is 9.78 Å². The maximum atomic E-state index is 11.8. The number of pyridine rings is 1. The van der Waals surface area contributed by atoms with E-state index in [1.54, 1.807) is 26.4 Å². The second-order valence-electron chi connectivity index (χ2n) is 5.29. The standard InChI is InChI=1S/C15H26N4O/c1-6-12(2)19(5)10-9-16-13-7-8-17-14(11-13)15(20)18(3)4/h7-8,11-12H,6,9-10H2,1-5H3,(H,16,17). The van der Waals surface area contributed by atoms with Gasteiger partial charge in [-0.05, 0) is 32.5 Å². The summed E-state index contributed by atoms with van der Waals surface area (Å²) >= 11 is 0. The molecule has 5 heteroatoms. The van der Waals surface area contributed by atoms with Crippen LogP contribution in [0.1, 0.15) is 30.8 Å². The quantitative estimate of drug-likeness (QED) is 0.828. The molecule has 5 nitrogen and oxygen atoms in total. The van der Waals surface area contributed by atoms with E-state index in [1.807, 2.05) is 6.07 Å². The van der Waals surface area contributed by atoms with Crippen molar-refractivity contribution in [1.82, 2.24) is 14.8 Å². The van der Waals surface area contributed by atoms with Crippen LogP contribution in [-0.4, -0.2) is 61.0 Å². The number of aromatic nitrogens is 1. The van der Waals surface area contributed by atoms with Gasteiger partial charge < -0.3 is 15.1 Å². The third kappa shape index (κ3) is 4.81. The molecule has 0 bridgehead atoms. The van der Waals surface area contributed by atoms with Crippen LogP contribution in [0.2, 0.25) is 0 Å². The fourth-order valence-electron chi connectivity index (χ4n) is 1.80. The molecule has 0 spiro atoms. The lowest BCUT2D eigenvalue weighted by Gasteiger charge is -2.23. The molecule has 0 fully saturated rings. The largest absolute Gasteiger partial charge is 0.384 e. The van der Waals surface area contributed by atoms with Crippen molar-refractivity contribution in [2.75, 3.05) is 39.5 Å². The highest BCUT2D eigenvalue weighted by atomic mass is 16.2. The molecule has 1 N–H and O–H groups in total. The van der Waals surface area contributed by atoms with Gasteiger partial charge >= 0.3 is 0 Å². The molecule has 0 radical (unpaired) electrons. The van der Waals surface area contributed by atoms with Crippen LogP contribution >= 0.6 is 0 Å². The van der Waals surface area contributed by atoms with Crippen LogP contribution in [0.15, 0.2) is 18.3 Å². The molecule has 0 saturated heterocycles. The maximum absolute atomic E-state index is 11.8. The van der Waals surface area contributed by atoms with Gasteiger partial charge in [0, 0.05) is 45.1 Å².